The molecule has 0 N–H and O–H groups in total. The van der Waals surface area contributed by atoms with Gasteiger partial charge in [-0.05, 0) is 40.8 Å². The number of hydrogen-bond donors (Lipinski definition) is 0. The average molecular weight is 484 g/mol. The Hall–Kier alpha value is -3.56. The van der Waals surface area contributed by atoms with Crippen LogP contribution in [-0.4, -0.2) is 24.5 Å². The van der Waals surface area contributed by atoms with Crippen LogP contribution < -0.4 is 4.74 Å². The van der Waals surface area contributed by atoms with Crippen LogP contribution in [0.4, 0.5) is 0 Å². The van der Waals surface area contributed by atoms with Gasteiger partial charge in [0.05, 0.1) is 7.11 Å². The Morgan fingerprint density at radius 3 is 1.71 bits per heavy atom. The molecule has 4 aromatic carbocycles. The smallest absolute Gasteiger partial charge is 0.245 e. The second-order valence-corrected chi connectivity index (χ2v) is 8.98. The molecule has 4 rings (SSSR count). The molecule has 1 amide bonds. The van der Waals surface area contributed by atoms with Gasteiger partial charge in [-0.25, -0.2) is 0 Å². The van der Waals surface area contributed by atoms with Crippen molar-refractivity contribution < 1.29 is 9.53 Å². The zero-order valence-corrected chi connectivity index (χ0v) is 20.6. The minimum atomic E-state index is -0.735. The number of carbonyl (C=O) groups excluding carboxylic acids is 1. The highest BCUT2D eigenvalue weighted by Crippen LogP contribution is 2.30. The summed E-state index contributed by atoms with van der Waals surface area (Å²) in [6.45, 7) is 1.06. The summed E-state index contributed by atoms with van der Waals surface area (Å²) in [7, 11) is 1.65. The number of hydrogen-bond acceptors (Lipinski definition) is 2. The van der Waals surface area contributed by atoms with Crippen LogP contribution in [-0.2, 0) is 11.3 Å². The van der Waals surface area contributed by atoms with Gasteiger partial charge in [0, 0.05) is 19.0 Å². The molecule has 0 bridgehead atoms. The lowest BCUT2D eigenvalue weighted by atomic mass is 9.88. The van der Waals surface area contributed by atoms with Crippen molar-refractivity contribution in [2.75, 3.05) is 13.7 Å². The SMILES string of the molecule is COc1ccc(CN(CCC(c2ccccc2)c2ccccc2)C(=O)C(Cl)c2ccccc2)cc1. The van der Waals surface area contributed by atoms with E-state index in [4.69, 9.17) is 16.3 Å². The normalized spacial score (nSPS) is 11.7. The summed E-state index contributed by atoms with van der Waals surface area (Å²) >= 11 is 6.70. The maximum absolute atomic E-state index is 13.6. The van der Waals surface area contributed by atoms with Gasteiger partial charge in [0.2, 0.25) is 5.91 Å². The van der Waals surface area contributed by atoms with Gasteiger partial charge in [0.25, 0.3) is 0 Å². The molecule has 0 aliphatic rings. The highest BCUT2D eigenvalue weighted by molar-refractivity contribution is 6.30. The van der Waals surface area contributed by atoms with Crippen molar-refractivity contribution in [2.24, 2.45) is 0 Å². The molecule has 4 aromatic rings. The number of methoxy groups -OCH3 is 1. The first-order valence-electron chi connectivity index (χ1n) is 11.9. The molecule has 1 atom stereocenters. The highest BCUT2D eigenvalue weighted by Gasteiger charge is 2.25. The molecule has 0 heterocycles. The molecule has 1 unspecified atom stereocenters. The summed E-state index contributed by atoms with van der Waals surface area (Å²) in [6, 6.07) is 38.3. The zero-order chi connectivity index (χ0) is 24.5. The third-order valence-corrected chi connectivity index (χ3v) is 6.68. The molecule has 0 fully saturated rings. The van der Waals surface area contributed by atoms with E-state index < -0.39 is 5.38 Å². The monoisotopic (exact) mass is 483 g/mol. The molecule has 0 saturated carbocycles. The van der Waals surface area contributed by atoms with Gasteiger partial charge in [0.15, 0.2) is 0 Å². The van der Waals surface area contributed by atoms with E-state index in [1.807, 2.05) is 71.6 Å². The Morgan fingerprint density at radius 2 is 1.23 bits per heavy atom. The van der Waals surface area contributed by atoms with Crippen molar-refractivity contribution in [2.45, 2.75) is 24.3 Å². The predicted octanol–water partition coefficient (Wildman–Crippen LogP) is 7.23. The molecule has 35 heavy (non-hydrogen) atoms. The first-order chi connectivity index (χ1) is 17.2. The lowest BCUT2D eigenvalue weighted by molar-refractivity contribution is -0.131. The van der Waals surface area contributed by atoms with Crippen molar-refractivity contribution in [1.82, 2.24) is 4.90 Å². The summed E-state index contributed by atoms with van der Waals surface area (Å²) in [5, 5.41) is -0.735. The summed E-state index contributed by atoms with van der Waals surface area (Å²) < 4.78 is 5.29. The number of alkyl halides is 1. The molecular formula is C31H30ClNO2. The molecule has 0 spiro atoms. The number of halogens is 1. The van der Waals surface area contributed by atoms with Crippen molar-refractivity contribution in [3.8, 4) is 5.75 Å². The Balaban J connectivity index is 1.59. The number of rotatable bonds is 10. The number of ether oxygens (including phenoxy) is 1. The summed E-state index contributed by atoms with van der Waals surface area (Å²) in [4.78, 5) is 15.5. The quantitative estimate of drug-likeness (QED) is 0.223. The van der Waals surface area contributed by atoms with Gasteiger partial charge in [0.1, 0.15) is 11.1 Å². The molecule has 0 aliphatic heterocycles. The third-order valence-electron chi connectivity index (χ3n) is 6.24. The average Bonchev–Trinajstić information content (AvgIpc) is 2.93. The molecule has 0 radical (unpaired) electrons. The summed E-state index contributed by atoms with van der Waals surface area (Å²) in [5.74, 6) is 0.877. The van der Waals surface area contributed by atoms with Crippen LogP contribution >= 0.6 is 11.6 Å². The van der Waals surface area contributed by atoms with Crippen LogP contribution in [0, 0.1) is 0 Å². The fourth-order valence-corrected chi connectivity index (χ4v) is 4.61. The predicted molar refractivity (Wildman–Crippen MR) is 143 cm³/mol. The third kappa shape index (κ3) is 6.52. The van der Waals surface area contributed by atoms with E-state index in [9.17, 15) is 4.79 Å². The largest absolute Gasteiger partial charge is 0.497 e. The fourth-order valence-electron chi connectivity index (χ4n) is 4.32. The summed E-state index contributed by atoms with van der Waals surface area (Å²) in [6.07, 6.45) is 0.786. The van der Waals surface area contributed by atoms with E-state index in [2.05, 4.69) is 48.5 Å². The van der Waals surface area contributed by atoms with Gasteiger partial charge in [-0.3, -0.25) is 4.79 Å². The Morgan fingerprint density at radius 1 is 0.743 bits per heavy atom. The van der Waals surface area contributed by atoms with Gasteiger partial charge >= 0.3 is 0 Å². The van der Waals surface area contributed by atoms with E-state index >= 15 is 0 Å². The summed E-state index contributed by atoms with van der Waals surface area (Å²) in [5.41, 5.74) is 4.32. The Labute approximate surface area is 212 Å². The van der Waals surface area contributed by atoms with Crippen LogP contribution in [0.2, 0.25) is 0 Å². The molecule has 0 aliphatic carbocycles. The highest BCUT2D eigenvalue weighted by atomic mass is 35.5. The molecule has 0 saturated heterocycles. The standard InChI is InChI=1S/C31H30ClNO2/c1-35-28-19-17-24(18-20-28)23-33(31(34)30(32)27-15-9-4-10-16-27)22-21-29(25-11-5-2-6-12-25)26-13-7-3-8-14-26/h2-20,29-30H,21-23H2,1H3. The van der Waals surface area contributed by atoms with Crippen molar-refractivity contribution in [1.29, 1.82) is 0 Å². The second kappa shape index (κ2) is 12.2. The van der Waals surface area contributed by atoms with Crippen LogP contribution in [0.1, 0.15) is 40.0 Å². The molecule has 178 valence electrons. The van der Waals surface area contributed by atoms with Gasteiger partial charge in [-0.15, -0.1) is 11.6 Å². The van der Waals surface area contributed by atoms with E-state index in [1.165, 1.54) is 11.1 Å². The first-order valence-corrected chi connectivity index (χ1v) is 12.3. The molecule has 0 aromatic heterocycles. The van der Waals surface area contributed by atoms with Crippen LogP contribution in [0.25, 0.3) is 0 Å². The minimum absolute atomic E-state index is 0.0893. The lowest BCUT2D eigenvalue weighted by Gasteiger charge is -2.28. The topological polar surface area (TPSA) is 29.5 Å². The molecule has 4 heteroatoms. The maximum atomic E-state index is 13.6. The van der Waals surface area contributed by atoms with Crippen LogP contribution in [0.3, 0.4) is 0 Å². The van der Waals surface area contributed by atoms with Crippen molar-refractivity contribution >= 4 is 17.5 Å². The maximum Gasteiger partial charge on any atom is 0.245 e. The Bertz CT molecular complexity index is 1140. The first kappa shape index (κ1) is 24.6. The van der Waals surface area contributed by atoms with Crippen molar-refractivity contribution in [3.63, 3.8) is 0 Å². The number of benzene rings is 4. The zero-order valence-electron chi connectivity index (χ0n) is 19.9. The fraction of sp³-hybridized carbons (Fsp3) is 0.194. The van der Waals surface area contributed by atoms with Crippen LogP contribution in [0.5, 0.6) is 5.75 Å². The second-order valence-electron chi connectivity index (χ2n) is 8.54. The van der Waals surface area contributed by atoms with E-state index in [0.29, 0.717) is 13.1 Å². The van der Waals surface area contributed by atoms with Gasteiger partial charge < -0.3 is 9.64 Å². The number of amides is 1. The minimum Gasteiger partial charge on any atom is -0.497 e. The van der Waals surface area contributed by atoms with Gasteiger partial charge in [-0.1, -0.05) is 103 Å². The van der Waals surface area contributed by atoms with Gasteiger partial charge in [-0.2, -0.15) is 0 Å². The Kier molecular flexibility index (Phi) is 8.58. The number of carbonyl (C=O) groups is 1. The molecule has 3 nitrogen and oxygen atoms in total. The van der Waals surface area contributed by atoms with Crippen molar-refractivity contribution in [3.05, 3.63) is 138 Å². The van der Waals surface area contributed by atoms with E-state index in [1.54, 1.807) is 7.11 Å². The lowest BCUT2D eigenvalue weighted by Crippen LogP contribution is -2.34. The van der Waals surface area contributed by atoms with E-state index in [0.717, 1.165) is 23.3 Å². The molecular weight excluding hydrogens is 454 g/mol. The number of nitrogens with zero attached hydrogens (tertiary/aromatic N) is 1. The van der Waals surface area contributed by atoms with E-state index in [-0.39, 0.29) is 11.8 Å². The van der Waals surface area contributed by atoms with Crippen LogP contribution in [0.15, 0.2) is 115 Å².